The van der Waals surface area contributed by atoms with Gasteiger partial charge in [0.05, 0.1) is 29.7 Å². The second-order valence-corrected chi connectivity index (χ2v) is 9.37. The van der Waals surface area contributed by atoms with E-state index in [0.29, 0.717) is 45.6 Å². The Morgan fingerprint density at radius 1 is 1.09 bits per heavy atom. The number of nitrogens with zero attached hydrogens (tertiary/aromatic N) is 3. The maximum absolute atomic E-state index is 13.2. The van der Waals surface area contributed by atoms with E-state index in [0.717, 1.165) is 44.9 Å². The minimum Gasteiger partial charge on any atom is -0.491 e. The molecule has 0 aliphatic carbocycles. The van der Waals surface area contributed by atoms with Gasteiger partial charge in [-0.15, -0.1) is 0 Å². The highest BCUT2D eigenvalue weighted by atomic mass is 16.5. The summed E-state index contributed by atoms with van der Waals surface area (Å²) < 4.78 is 6.08. The number of carbonyl (C=O) groups is 1. The van der Waals surface area contributed by atoms with Crippen LogP contribution in [0.3, 0.4) is 0 Å². The zero-order chi connectivity index (χ0) is 22.5. The Morgan fingerprint density at radius 3 is 2.66 bits per heavy atom. The number of piperidine rings is 1. The number of carbonyl (C=O) groups excluding carboxylic acids is 1. The predicted octanol–water partition coefficient (Wildman–Crippen LogP) is 4.01. The molecule has 3 heterocycles. The predicted molar refractivity (Wildman–Crippen MR) is 124 cm³/mol. The number of rotatable bonds is 1. The SMILES string of the molecule is Cc1nc2ccc(-c3cc(C)c4c(c3)CN(C(=O)N3CCC(C)(O)CC3)CCO4)cc2[nH]1. The lowest BCUT2D eigenvalue weighted by Crippen LogP contribution is -2.50. The topological polar surface area (TPSA) is 81.7 Å². The number of nitrogens with one attached hydrogen (secondary N) is 1. The average Bonchev–Trinajstić information content (AvgIpc) is 2.98. The first-order chi connectivity index (χ1) is 15.3. The van der Waals surface area contributed by atoms with E-state index in [9.17, 15) is 9.90 Å². The van der Waals surface area contributed by atoms with E-state index in [4.69, 9.17) is 4.74 Å². The van der Waals surface area contributed by atoms with E-state index in [1.54, 1.807) is 0 Å². The summed E-state index contributed by atoms with van der Waals surface area (Å²) in [4.78, 5) is 24.7. The van der Waals surface area contributed by atoms with Gasteiger partial charge in [-0.05, 0) is 74.6 Å². The van der Waals surface area contributed by atoms with E-state index in [2.05, 4.69) is 41.2 Å². The van der Waals surface area contributed by atoms with E-state index in [1.807, 2.05) is 29.7 Å². The highest BCUT2D eigenvalue weighted by Gasteiger charge is 2.32. The van der Waals surface area contributed by atoms with Crippen LogP contribution in [-0.4, -0.2) is 62.7 Å². The van der Waals surface area contributed by atoms with Crippen LogP contribution in [0.4, 0.5) is 4.79 Å². The number of aromatic amines is 1. The monoisotopic (exact) mass is 434 g/mol. The fraction of sp³-hybridized carbons (Fsp3) is 0.440. The van der Waals surface area contributed by atoms with Crippen LogP contribution in [0.2, 0.25) is 0 Å². The summed E-state index contributed by atoms with van der Waals surface area (Å²) in [7, 11) is 0. The van der Waals surface area contributed by atoms with Gasteiger partial charge in [0.25, 0.3) is 0 Å². The lowest BCUT2D eigenvalue weighted by atomic mass is 9.94. The Morgan fingerprint density at radius 2 is 1.88 bits per heavy atom. The molecule has 0 unspecified atom stereocenters. The Hall–Kier alpha value is -3.06. The van der Waals surface area contributed by atoms with Gasteiger partial charge in [-0.2, -0.15) is 0 Å². The maximum Gasteiger partial charge on any atom is 0.320 e. The summed E-state index contributed by atoms with van der Waals surface area (Å²) in [6.07, 6.45) is 1.22. The third kappa shape index (κ3) is 3.93. The number of ether oxygens (including phenoxy) is 1. The molecule has 2 aromatic carbocycles. The van der Waals surface area contributed by atoms with E-state index >= 15 is 0 Å². The molecule has 0 bridgehead atoms. The molecule has 1 aromatic heterocycles. The van der Waals surface area contributed by atoms with Gasteiger partial charge >= 0.3 is 6.03 Å². The number of fused-ring (bicyclic) bond motifs is 2. The molecular formula is C25H30N4O3. The average molecular weight is 435 g/mol. The molecule has 2 amide bonds. The molecule has 0 atom stereocenters. The molecule has 0 radical (unpaired) electrons. The largest absolute Gasteiger partial charge is 0.491 e. The number of aryl methyl sites for hydroxylation is 2. The van der Waals surface area contributed by atoms with Crippen LogP contribution in [0.25, 0.3) is 22.2 Å². The standard InChI is InChI=1S/C25H30N4O3/c1-16-12-19(18-4-5-21-22(14-18)27-17(2)26-21)13-20-15-29(10-11-32-23(16)20)24(30)28-8-6-25(3,31)7-9-28/h4-5,12-14,31H,6-11,15H2,1-3H3,(H,26,27). The summed E-state index contributed by atoms with van der Waals surface area (Å²) in [5.41, 5.74) is 5.60. The van der Waals surface area contributed by atoms with Crippen LogP contribution in [0.5, 0.6) is 5.75 Å². The molecule has 7 heteroatoms. The zero-order valence-corrected chi connectivity index (χ0v) is 18.9. The smallest absolute Gasteiger partial charge is 0.320 e. The lowest BCUT2D eigenvalue weighted by molar-refractivity contribution is 0.000212. The molecule has 2 aliphatic heterocycles. The van der Waals surface area contributed by atoms with Crippen LogP contribution < -0.4 is 4.74 Å². The van der Waals surface area contributed by atoms with Gasteiger partial charge in [0.2, 0.25) is 0 Å². The minimum absolute atomic E-state index is 0.0226. The second kappa shape index (κ2) is 7.81. The van der Waals surface area contributed by atoms with Crippen molar-refractivity contribution >= 4 is 17.1 Å². The molecule has 1 fully saturated rings. The maximum atomic E-state index is 13.2. The Bertz CT molecular complexity index is 1170. The fourth-order valence-electron chi connectivity index (χ4n) is 4.74. The van der Waals surface area contributed by atoms with Crippen molar-refractivity contribution in [3.8, 4) is 16.9 Å². The number of aliphatic hydroxyl groups is 1. The van der Waals surface area contributed by atoms with Crippen LogP contribution in [0, 0.1) is 13.8 Å². The molecule has 7 nitrogen and oxygen atoms in total. The molecular weight excluding hydrogens is 404 g/mol. The number of likely N-dealkylation sites (tertiary alicyclic amines) is 1. The Kier molecular flexibility index (Phi) is 5.08. The summed E-state index contributed by atoms with van der Waals surface area (Å²) >= 11 is 0. The van der Waals surface area contributed by atoms with E-state index in [-0.39, 0.29) is 6.03 Å². The fourth-order valence-corrected chi connectivity index (χ4v) is 4.74. The molecule has 2 aliphatic rings. The first-order valence-electron chi connectivity index (χ1n) is 11.3. The van der Waals surface area contributed by atoms with Gasteiger partial charge in [-0.25, -0.2) is 9.78 Å². The minimum atomic E-state index is -0.675. The van der Waals surface area contributed by atoms with Crippen molar-refractivity contribution < 1.29 is 14.6 Å². The zero-order valence-electron chi connectivity index (χ0n) is 18.9. The number of H-pyrrole nitrogens is 1. The van der Waals surface area contributed by atoms with Gasteiger partial charge < -0.3 is 24.6 Å². The van der Waals surface area contributed by atoms with Crippen molar-refractivity contribution in [1.29, 1.82) is 0 Å². The van der Waals surface area contributed by atoms with Crippen molar-refractivity contribution in [3.63, 3.8) is 0 Å². The third-order valence-electron chi connectivity index (χ3n) is 6.64. The number of hydrogen-bond acceptors (Lipinski definition) is 4. The lowest BCUT2D eigenvalue weighted by Gasteiger charge is -2.38. The second-order valence-electron chi connectivity index (χ2n) is 9.37. The number of hydrogen-bond donors (Lipinski definition) is 2. The molecule has 0 saturated carbocycles. The highest BCUT2D eigenvalue weighted by Crippen LogP contribution is 2.34. The summed E-state index contributed by atoms with van der Waals surface area (Å²) in [6.45, 7) is 8.57. The first kappa shape index (κ1) is 20.8. The molecule has 0 spiro atoms. The third-order valence-corrected chi connectivity index (χ3v) is 6.64. The number of aromatic nitrogens is 2. The molecule has 168 valence electrons. The number of amides is 2. The molecule has 2 N–H and O–H groups in total. The van der Waals surface area contributed by atoms with Crippen LogP contribution in [-0.2, 0) is 6.54 Å². The van der Waals surface area contributed by atoms with Gasteiger partial charge in [0.1, 0.15) is 18.2 Å². The van der Waals surface area contributed by atoms with Crippen LogP contribution in [0.1, 0.15) is 36.7 Å². The van der Waals surface area contributed by atoms with Gasteiger partial charge in [0, 0.05) is 18.7 Å². The molecule has 1 saturated heterocycles. The van der Waals surface area contributed by atoms with Gasteiger partial charge in [-0.1, -0.05) is 6.07 Å². The van der Waals surface area contributed by atoms with Crippen molar-refractivity contribution in [3.05, 3.63) is 47.3 Å². The molecule has 5 rings (SSSR count). The molecule has 3 aromatic rings. The molecule has 32 heavy (non-hydrogen) atoms. The van der Waals surface area contributed by atoms with Crippen LogP contribution in [0.15, 0.2) is 30.3 Å². The Labute approximate surface area is 188 Å². The first-order valence-corrected chi connectivity index (χ1v) is 11.3. The Balaban J connectivity index is 1.43. The quantitative estimate of drug-likeness (QED) is 0.606. The van der Waals surface area contributed by atoms with Gasteiger partial charge in [-0.3, -0.25) is 0 Å². The van der Waals surface area contributed by atoms with Crippen molar-refractivity contribution in [1.82, 2.24) is 19.8 Å². The number of urea groups is 1. The summed E-state index contributed by atoms with van der Waals surface area (Å²) in [5.74, 6) is 1.78. The summed E-state index contributed by atoms with van der Waals surface area (Å²) in [6, 6.07) is 10.6. The van der Waals surface area contributed by atoms with Gasteiger partial charge in [0.15, 0.2) is 0 Å². The number of imidazole rings is 1. The summed E-state index contributed by atoms with van der Waals surface area (Å²) in [5, 5.41) is 10.2. The van der Waals surface area contributed by atoms with Crippen LogP contribution >= 0.6 is 0 Å². The van der Waals surface area contributed by atoms with Crippen molar-refractivity contribution in [2.45, 2.75) is 45.8 Å². The van der Waals surface area contributed by atoms with Crippen molar-refractivity contribution in [2.24, 2.45) is 0 Å². The highest BCUT2D eigenvalue weighted by molar-refractivity contribution is 5.82. The normalized spacial score (nSPS) is 18.2. The number of benzene rings is 2. The van der Waals surface area contributed by atoms with E-state index in [1.165, 1.54) is 0 Å². The van der Waals surface area contributed by atoms with E-state index < -0.39 is 5.60 Å². The van der Waals surface area contributed by atoms with Crippen molar-refractivity contribution in [2.75, 3.05) is 26.2 Å².